The number of para-hydroxylation sites is 1. The third kappa shape index (κ3) is 1.48. The number of nitrogens with zero attached hydrogens (tertiary/aromatic N) is 1. The number of nitrogens with one attached hydrogen (secondary N) is 2. The number of carbonyl (C=O) groups is 1. The van der Waals surface area contributed by atoms with Crippen molar-refractivity contribution in [2.75, 3.05) is 5.32 Å². The Balaban J connectivity index is 1.80. The number of aromatic nitrogens is 2. The summed E-state index contributed by atoms with van der Waals surface area (Å²) < 4.78 is 0. The summed E-state index contributed by atoms with van der Waals surface area (Å²) in [6.45, 7) is 0. The van der Waals surface area contributed by atoms with Crippen LogP contribution >= 0.6 is 0 Å². The van der Waals surface area contributed by atoms with Crippen molar-refractivity contribution in [2.24, 2.45) is 0 Å². The van der Waals surface area contributed by atoms with E-state index in [1.807, 2.05) is 54.6 Å². The standard InChI is InChI=1S/C16H11N3O/c20-15-12-9-5-4-8-11(12)14-13(15)16(19-18-14)17-10-6-2-1-3-7-10/h1-9H,(H2,17,18,19). The minimum Gasteiger partial charge on any atom is -0.340 e. The second-order valence-corrected chi connectivity index (χ2v) is 4.69. The number of aromatic amines is 1. The largest absolute Gasteiger partial charge is 0.340 e. The molecule has 2 N–H and O–H groups in total. The highest BCUT2D eigenvalue weighted by atomic mass is 16.1. The van der Waals surface area contributed by atoms with E-state index in [2.05, 4.69) is 15.5 Å². The third-order valence-corrected chi connectivity index (χ3v) is 3.46. The zero-order valence-corrected chi connectivity index (χ0v) is 10.6. The fourth-order valence-electron chi connectivity index (χ4n) is 2.54. The zero-order valence-electron chi connectivity index (χ0n) is 10.6. The molecule has 0 saturated heterocycles. The Kier molecular flexibility index (Phi) is 2.23. The summed E-state index contributed by atoms with van der Waals surface area (Å²) in [6, 6.07) is 17.3. The molecular formula is C16H11N3O. The Hall–Kier alpha value is -2.88. The number of rotatable bonds is 2. The number of H-pyrrole nitrogens is 1. The van der Waals surface area contributed by atoms with E-state index >= 15 is 0 Å². The van der Waals surface area contributed by atoms with Gasteiger partial charge in [-0.15, -0.1) is 0 Å². The van der Waals surface area contributed by atoms with Gasteiger partial charge in [-0.25, -0.2) is 0 Å². The predicted molar refractivity (Wildman–Crippen MR) is 77.2 cm³/mol. The maximum absolute atomic E-state index is 12.5. The van der Waals surface area contributed by atoms with Gasteiger partial charge in [-0.1, -0.05) is 42.5 Å². The first-order valence-corrected chi connectivity index (χ1v) is 6.39. The monoisotopic (exact) mass is 261 g/mol. The fourth-order valence-corrected chi connectivity index (χ4v) is 2.54. The summed E-state index contributed by atoms with van der Waals surface area (Å²) >= 11 is 0. The van der Waals surface area contributed by atoms with E-state index in [4.69, 9.17) is 0 Å². The molecule has 0 radical (unpaired) electrons. The van der Waals surface area contributed by atoms with Gasteiger partial charge < -0.3 is 5.32 Å². The van der Waals surface area contributed by atoms with Gasteiger partial charge in [-0.05, 0) is 12.1 Å². The van der Waals surface area contributed by atoms with Crippen molar-refractivity contribution in [3.63, 3.8) is 0 Å². The molecule has 0 bridgehead atoms. The smallest absolute Gasteiger partial charge is 0.199 e. The van der Waals surface area contributed by atoms with Crippen molar-refractivity contribution in [1.82, 2.24) is 10.2 Å². The normalized spacial score (nSPS) is 12.1. The molecule has 96 valence electrons. The third-order valence-electron chi connectivity index (χ3n) is 3.46. The second kappa shape index (κ2) is 4.06. The lowest BCUT2D eigenvalue weighted by Crippen LogP contribution is -2.00. The van der Waals surface area contributed by atoms with Crippen LogP contribution in [0.2, 0.25) is 0 Å². The average molecular weight is 261 g/mol. The summed E-state index contributed by atoms with van der Waals surface area (Å²) in [5.74, 6) is 0.662. The van der Waals surface area contributed by atoms with E-state index in [-0.39, 0.29) is 5.78 Å². The van der Waals surface area contributed by atoms with Gasteiger partial charge in [0.15, 0.2) is 5.78 Å². The maximum atomic E-state index is 12.5. The summed E-state index contributed by atoms with van der Waals surface area (Å²) in [5.41, 5.74) is 3.88. The topological polar surface area (TPSA) is 57.8 Å². The van der Waals surface area contributed by atoms with Crippen LogP contribution in [0.3, 0.4) is 0 Å². The number of hydrogen-bond donors (Lipinski definition) is 2. The molecule has 4 rings (SSSR count). The van der Waals surface area contributed by atoms with Crippen LogP contribution < -0.4 is 5.32 Å². The van der Waals surface area contributed by atoms with E-state index in [9.17, 15) is 4.79 Å². The number of benzene rings is 2. The van der Waals surface area contributed by atoms with E-state index < -0.39 is 0 Å². The van der Waals surface area contributed by atoms with Crippen LogP contribution in [0.15, 0.2) is 54.6 Å². The van der Waals surface area contributed by atoms with E-state index in [0.29, 0.717) is 11.4 Å². The molecule has 0 amide bonds. The van der Waals surface area contributed by atoms with Crippen molar-refractivity contribution >= 4 is 17.3 Å². The molecule has 2 aromatic carbocycles. The second-order valence-electron chi connectivity index (χ2n) is 4.69. The highest BCUT2D eigenvalue weighted by molar-refractivity contribution is 6.23. The van der Waals surface area contributed by atoms with Crippen LogP contribution in [0.4, 0.5) is 11.5 Å². The molecule has 4 nitrogen and oxygen atoms in total. The molecule has 0 unspecified atom stereocenters. The van der Waals surface area contributed by atoms with Gasteiger partial charge in [-0.2, -0.15) is 5.10 Å². The van der Waals surface area contributed by atoms with Gasteiger partial charge in [0.05, 0.1) is 5.56 Å². The zero-order chi connectivity index (χ0) is 13.5. The summed E-state index contributed by atoms with van der Waals surface area (Å²) in [6.07, 6.45) is 0. The first kappa shape index (κ1) is 11.0. The highest BCUT2D eigenvalue weighted by Crippen LogP contribution is 2.38. The van der Waals surface area contributed by atoms with Gasteiger partial charge in [0.25, 0.3) is 0 Å². The van der Waals surface area contributed by atoms with Gasteiger partial charge in [0.1, 0.15) is 11.5 Å². The summed E-state index contributed by atoms with van der Waals surface area (Å²) in [7, 11) is 0. The Morgan fingerprint density at radius 3 is 2.40 bits per heavy atom. The first-order valence-electron chi connectivity index (χ1n) is 6.39. The minimum absolute atomic E-state index is 0.0165. The molecule has 3 aromatic rings. The van der Waals surface area contributed by atoms with Crippen molar-refractivity contribution in [3.05, 3.63) is 65.7 Å². The number of ketones is 1. The Labute approximate surface area is 115 Å². The van der Waals surface area contributed by atoms with Crippen LogP contribution in [0.1, 0.15) is 15.9 Å². The molecule has 20 heavy (non-hydrogen) atoms. The van der Waals surface area contributed by atoms with Crippen LogP contribution in [-0.2, 0) is 0 Å². The number of hydrogen-bond acceptors (Lipinski definition) is 3. The van der Waals surface area contributed by atoms with Gasteiger partial charge in [-0.3, -0.25) is 9.89 Å². The molecule has 0 atom stereocenters. The Morgan fingerprint density at radius 2 is 1.60 bits per heavy atom. The molecular weight excluding hydrogens is 250 g/mol. The fraction of sp³-hybridized carbons (Fsp3) is 0. The molecule has 0 spiro atoms. The van der Waals surface area contributed by atoms with E-state index in [1.54, 1.807) is 0 Å². The summed E-state index contributed by atoms with van der Waals surface area (Å²) in [5, 5.41) is 10.4. The van der Waals surface area contributed by atoms with Gasteiger partial charge in [0, 0.05) is 16.8 Å². The molecule has 1 aliphatic carbocycles. The van der Waals surface area contributed by atoms with Crippen molar-refractivity contribution in [3.8, 4) is 11.3 Å². The molecule has 1 heterocycles. The lowest BCUT2D eigenvalue weighted by molar-refractivity contribution is 0.104. The number of fused-ring (bicyclic) bond motifs is 3. The number of anilines is 2. The van der Waals surface area contributed by atoms with Crippen molar-refractivity contribution in [2.45, 2.75) is 0 Å². The van der Waals surface area contributed by atoms with Crippen molar-refractivity contribution in [1.29, 1.82) is 0 Å². The van der Waals surface area contributed by atoms with Crippen molar-refractivity contribution < 1.29 is 4.79 Å². The molecule has 0 aliphatic heterocycles. The predicted octanol–water partition coefficient (Wildman–Crippen LogP) is 3.36. The van der Waals surface area contributed by atoms with Crippen LogP contribution in [0, 0.1) is 0 Å². The summed E-state index contributed by atoms with van der Waals surface area (Å²) in [4.78, 5) is 12.5. The van der Waals surface area contributed by atoms with Crippen LogP contribution in [0.25, 0.3) is 11.3 Å². The molecule has 0 fully saturated rings. The SMILES string of the molecule is O=C1c2ccccc2-c2n[nH]c(Nc3ccccc3)c21. The Bertz CT molecular complexity index is 806. The molecule has 1 aromatic heterocycles. The first-order chi connectivity index (χ1) is 9.84. The van der Waals surface area contributed by atoms with Crippen LogP contribution in [-0.4, -0.2) is 16.0 Å². The van der Waals surface area contributed by atoms with Gasteiger partial charge >= 0.3 is 0 Å². The van der Waals surface area contributed by atoms with E-state index in [1.165, 1.54) is 0 Å². The molecule has 1 aliphatic rings. The minimum atomic E-state index is 0.0165. The maximum Gasteiger partial charge on any atom is 0.199 e. The Morgan fingerprint density at radius 1 is 0.900 bits per heavy atom. The quantitative estimate of drug-likeness (QED) is 0.581. The lowest BCUT2D eigenvalue weighted by atomic mass is 10.1. The van der Waals surface area contributed by atoms with E-state index in [0.717, 1.165) is 22.5 Å². The lowest BCUT2D eigenvalue weighted by Gasteiger charge is -2.04. The highest BCUT2D eigenvalue weighted by Gasteiger charge is 2.32. The molecule has 4 heteroatoms. The average Bonchev–Trinajstić information content (AvgIpc) is 3.02. The number of carbonyl (C=O) groups excluding carboxylic acids is 1. The molecule has 0 saturated carbocycles. The van der Waals surface area contributed by atoms with Gasteiger partial charge in [0.2, 0.25) is 0 Å². The van der Waals surface area contributed by atoms with Crippen LogP contribution in [0.5, 0.6) is 0 Å².